The van der Waals surface area contributed by atoms with Gasteiger partial charge in [-0.2, -0.15) is 0 Å². The predicted octanol–water partition coefficient (Wildman–Crippen LogP) is 4.90. The van der Waals surface area contributed by atoms with Crippen molar-refractivity contribution >= 4 is 5.71 Å². The Labute approximate surface area is 141 Å². The largest absolute Gasteiger partial charge is 0.396 e. The molecule has 23 heavy (non-hydrogen) atoms. The summed E-state index contributed by atoms with van der Waals surface area (Å²) in [7, 11) is 0. The molecule has 1 rings (SSSR count). The summed E-state index contributed by atoms with van der Waals surface area (Å²) in [5.74, 6) is 0.332. The molecule has 1 aromatic rings. The maximum Gasteiger partial charge on any atom is 0.114 e. The zero-order valence-electron chi connectivity index (χ0n) is 15.8. The van der Waals surface area contributed by atoms with Gasteiger partial charge in [0, 0.05) is 5.92 Å². The topological polar surface area (TPSA) is 41.8 Å². The van der Waals surface area contributed by atoms with Crippen molar-refractivity contribution in [2.45, 2.75) is 73.3 Å². The van der Waals surface area contributed by atoms with E-state index in [9.17, 15) is 5.11 Å². The van der Waals surface area contributed by atoms with Gasteiger partial charge >= 0.3 is 0 Å². The molecule has 1 aromatic carbocycles. The second kappa shape index (κ2) is 9.07. The molecule has 0 bridgehead atoms. The van der Waals surface area contributed by atoms with E-state index in [0.29, 0.717) is 12.5 Å². The first-order valence-electron chi connectivity index (χ1n) is 8.76. The first-order valence-corrected chi connectivity index (χ1v) is 8.76. The van der Waals surface area contributed by atoms with Gasteiger partial charge in [-0.1, -0.05) is 43.6 Å². The van der Waals surface area contributed by atoms with Crippen LogP contribution in [-0.4, -0.2) is 23.5 Å². The summed E-state index contributed by atoms with van der Waals surface area (Å²) in [5, 5.41) is 14.8. The van der Waals surface area contributed by atoms with E-state index in [-0.39, 0.29) is 5.92 Å². The van der Waals surface area contributed by atoms with Crippen molar-refractivity contribution in [3.63, 3.8) is 0 Å². The summed E-state index contributed by atoms with van der Waals surface area (Å²) in [6.45, 7) is 15.2. The molecule has 0 aliphatic carbocycles. The highest BCUT2D eigenvalue weighted by Gasteiger charge is 2.23. The summed E-state index contributed by atoms with van der Waals surface area (Å²) in [6, 6.07) is 4.45. The van der Waals surface area contributed by atoms with E-state index in [0.717, 1.165) is 18.6 Å². The monoisotopic (exact) mass is 319 g/mol. The molecule has 1 N–H and O–H groups in total. The van der Waals surface area contributed by atoms with E-state index in [2.05, 4.69) is 51.9 Å². The van der Waals surface area contributed by atoms with Crippen molar-refractivity contribution in [1.29, 1.82) is 0 Å². The SMILES string of the molecule is CCON=C(CC)C(C)C(O)CC(C)c1c(C)cc(C)cc1C. The normalized spacial score (nSPS) is 16.1. The van der Waals surface area contributed by atoms with Crippen LogP contribution in [0.15, 0.2) is 17.3 Å². The number of rotatable bonds is 8. The van der Waals surface area contributed by atoms with Gasteiger partial charge in [-0.15, -0.1) is 0 Å². The third-order valence-electron chi connectivity index (χ3n) is 4.60. The zero-order valence-corrected chi connectivity index (χ0v) is 15.8. The second-order valence-electron chi connectivity index (χ2n) is 6.66. The van der Waals surface area contributed by atoms with Gasteiger partial charge in [-0.3, -0.25) is 0 Å². The highest BCUT2D eigenvalue weighted by Crippen LogP contribution is 2.30. The van der Waals surface area contributed by atoms with Gasteiger partial charge in [0.2, 0.25) is 0 Å². The molecule has 3 heteroatoms. The first-order chi connectivity index (χ1) is 10.8. The summed E-state index contributed by atoms with van der Waals surface area (Å²) >= 11 is 0. The number of aliphatic hydroxyl groups is 1. The van der Waals surface area contributed by atoms with Crippen LogP contribution in [-0.2, 0) is 4.84 Å². The van der Waals surface area contributed by atoms with Crippen LogP contribution < -0.4 is 0 Å². The molecule has 130 valence electrons. The molecule has 3 unspecified atom stereocenters. The van der Waals surface area contributed by atoms with E-state index >= 15 is 0 Å². The maximum atomic E-state index is 10.7. The van der Waals surface area contributed by atoms with Gasteiger partial charge in [-0.05, 0) is 63.1 Å². The van der Waals surface area contributed by atoms with Gasteiger partial charge in [0.15, 0.2) is 0 Å². The Morgan fingerprint density at radius 3 is 2.17 bits per heavy atom. The molecule has 3 nitrogen and oxygen atoms in total. The molecule has 0 saturated heterocycles. The Bertz CT molecular complexity index is 513. The molecule has 0 amide bonds. The molecule has 0 heterocycles. The van der Waals surface area contributed by atoms with Crippen molar-refractivity contribution in [1.82, 2.24) is 0 Å². The Morgan fingerprint density at radius 2 is 1.70 bits per heavy atom. The Kier molecular flexibility index (Phi) is 7.77. The molecule has 0 aliphatic rings. The second-order valence-corrected chi connectivity index (χ2v) is 6.66. The number of nitrogens with zero attached hydrogens (tertiary/aromatic N) is 1. The van der Waals surface area contributed by atoms with Crippen LogP contribution >= 0.6 is 0 Å². The number of hydrogen-bond acceptors (Lipinski definition) is 3. The fraction of sp³-hybridized carbons (Fsp3) is 0.650. The van der Waals surface area contributed by atoms with E-state index in [4.69, 9.17) is 4.84 Å². The summed E-state index contributed by atoms with van der Waals surface area (Å²) < 4.78 is 0. The van der Waals surface area contributed by atoms with Crippen LogP contribution in [0.1, 0.15) is 68.7 Å². The van der Waals surface area contributed by atoms with Gasteiger partial charge < -0.3 is 9.94 Å². The molecule has 0 aliphatic heterocycles. The smallest absolute Gasteiger partial charge is 0.114 e. The molecular formula is C20H33NO2. The van der Waals surface area contributed by atoms with Gasteiger partial charge in [-0.25, -0.2) is 0 Å². The summed E-state index contributed by atoms with van der Waals surface area (Å²) in [6.07, 6.45) is 1.12. The van der Waals surface area contributed by atoms with Crippen molar-refractivity contribution in [3.8, 4) is 0 Å². The lowest BCUT2D eigenvalue weighted by molar-refractivity contribution is 0.119. The number of hydrogen-bond donors (Lipinski definition) is 1. The third-order valence-corrected chi connectivity index (χ3v) is 4.60. The van der Waals surface area contributed by atoms with Gasteiger partial charge in [0.05, 0.1) is 11.8 Å². The van der Waals surface area contributed by atoms with Gasteiger partial charge in [0.1, 0.15) is 6.61 Å². The Hall–Kier alpha value is -1.35. The highest BCUT2D eigenvalue weighted by molar-refractivity contribution is 5.86. The average molecular weight is 319 g/mol. The number of oxime groups is 1. The lowest BCUT2D eigenvalue weighted by Gasteiger charge is -2.25. The standard InChI is InChI=1S/C20H33NO2/c1-8-18(21-23-9-2)17(7)19(22)12-16(6)20-14(4)10-13(3)11-15(20)5/h10-11,16-17,19,22H,8-9,12H2,1-7H3. The maximum absolute atomic E-state index is 10.7. The van der Waals surface area contributed by atoms with E-state index < -0.39 is 6.10 Å². The first kappa shape index (κ1) is 19.7. The van der Waals surface area contributed by atoms with Crippen LogP contribution in [0.4, 0.5) is 0 Å². The molecule has 3 atom stereocenters. The molecule has 0 spiro atoms. The predicted molar refractivity (Wildman–Crippen MR) is 98.2 cm³/mol. The fourth-order valence-corrected chi connectivity index (χ4v) is 3.49. The lowest BCUT2D eigenvalue weighted by Crippen LogP contribution is -2.27. The summed E-state index contributed by atoms with van der Waals surface area (Å²) in [4.78, 5) is 5.18. The Balaban J connectivity index is 2.86. The van der Waals surface area contributed by atoms with E-state index in [1.54, 1.807) is 0 Å². The summed E-state index contributed by atoms with van der Waals surface area (Å²) in [5.41, 5.74) is 6.22. The minimum Gasteiger partial charge on any atom is -0.396 e. The average Bonchev–Trinajstić information content (AvgIpc) is 2.46. The molecule has 0 aromatic heterocycles. The molecule has 0 radical (unpaired) electrons. The van der Waals surface area contributed by atoms with Crippen molar-refractivity contribution in [2.24, 2.45) is 11.1 Å². The molecule has 0 fully saturated rings. The van der Waals surface area contributed by atoms with Crippen LogP contribution in [0.2, 0.25) is 0 Å². The third kappa shape index (κ3) is 5.35. The zero-order chi connectivity index (χ0) is 17.6. The number of aryl methyl sites for hydroxylation is 3. The number of aliphatic hydroxyl groups excluding tert-OH is 1. The Morgan fingerprint density at radius 1 is 1.13 bits per heavy atom. The van der Waals surface area contributed by atoms with E-state index in [1.165, 1.54) is 22.3 Å². The fourth-order valence-electron chi connectivity index (χ4n) is 3.49. The quantitative estimate of drug-likeness (QED) is 0.546. The van der Waals surface area contributed by atoms with Crippen LogP contribution in [0.5, 0.6) is 0 Å². The molecular weight excluding hydrogens is 286 g/mol. The van der Waals surface area contributed by atoms with Crippen LogP contribution in [0, 0.1) is 26.7 Å². The highest BCUT2D eigenvalue weighted by atomic mass is 16.6. The number of benzene rings is 1. The van der Waals surface area contributed by atoms with Crippen LogP contribution in [0.3, 0.4) is 0 Å². The minimum atomic E-state index is -0.413. The van der Waals surface area contributed by atoms with E-state index in [1.807, 2.05) is 13.8 Å². The van der Waals surface area contributed by atoms with Crippen molar-refractivity contribution < 1.29 is 9.94 Å². The van der Waals surface area contributed by atoms with Gasteiger partial charge in [0.25, 0.3) is 0 Å². The van der Waals surface area contributed by atoms with Crippen molar-refractivity contribution in [2.75, 3.05) is 6.61 Å². The van der Waals surface area contributed by atoms with Crippen LogP contribution in [0.25, 0.3) is 0 Å². The lowest BCUT2D eigenvalue weighted by atomic mass is 9.83. The van der Waals surface area contributed by atoms with Crippen molar-refractivity contribution in [3.05, 3.63) is 34.4 Å². The molecule has 0 saturated carbocycles. The minimum absolute atomic E-state index is 0.0139.